The van der Waals surface area contributed by atoms with Crippen molar-refractivity contribution in [2.75, 3.05) is 12.4 Å². The summed E-state index contributed by atoms with van der Waals surface area (Å²) in [5.74, 6) is -0.602. The molecule has 0 radical (unpaired) electrons. The Labute approximate surface area is 137 Å². The van der Waals surface area contributed by atoms with E-state index in [-0.39, 0.29) is 5.52 Å². The molecule has 2 aromatic carbocycles. The van der Waals surface area contributed by atoms with Crippen LogP contribution in [0.2, 0.25) is 0 Å². The summed E-state index contributed by atoms with van der Waals surface area (Å²) in [6, 6.07) is 7.76. The molecular weight excluding hydrogens is 340 g/mol. The fourth-order valence-corrected chi connectivity index (χ4v) is 4.09. The zero-order valence-electron chi connectivity index (χ0n) is 11.8. The molecule has 0 aliphatic heterocycles. The molecule has 0 fully saturated rings. The molecule has 0 aliphatic carbocycles. The lowest BCUT2D eigenvalue weighted by atomic mass is 10.3. The third-order valence-corrected chi connectivity index (χ3v) is 5.08. The molecule has 0 saturated carbocycles. The molecule has 2 heterocycles. The van der Waals surface area contributed by atoms with Gasteiger partial charge in [-0.25, -0.2) is 18.7 Å². The van der Waals surface area contributed by atoms with Gasteiger partial charge in [0, 0.05) is 6.07 Å². The van der Waals surface area contributed by atoms with Gasteiger partial charge in [-0.05, 0) is 18.2 Å². The number of benzene rings is 2. The van der Waals surface area contributed by atoms with E-state index in [1.165, 1.54) is 28.7 Å². The van der Waals surface area contributed by atoms with E-state index >= 15 is 0 Å². The maximum absolute atomic E-state index is 13.7. The van der Waals surface area contributed by atoms with E-state index in [0.717, 1.165) is 16.3 Å². The molecule has 8 heteroatoms. The quantitative estimate of drug-likeness (QED) is 0.569. The predicted octanol–water partition coefficient (Wildman–Crippen LogP) is 4.94. The van der Waals surface area contributed by atoms with Crippen LogP contribution in [0.25, 0.3) is 20.4 Å². The van der Waals surface area contributed by atoms with Crippen molar-refractivity contribution < 1.29 is 13.5 Å². The van der Waals surface area contributed by atoms with Gasteiger partial charge in [-0.2, -0.15) is 0 Å². The number of hydrogen-bond acceptors (Lipinski definition) is 6. The second-order valence-electron chi connectivity index (χ2n) is 4.70. The first-order valence-corrected chi connectivity index (χ1v) is 8.23. The minimum absolute atomic E-state index is 0.151. The van der Waals surface area contributed by atoms with E-state index in [1.807, 2.05) is 18.2 Å². The van der Waals surface area contributed by atoms with Gasteiger partial charge in [0.2, 0.25) is 0 Å². The summed E-state index contributed by atoms with van der Waals surface area (Å²) in [6.07, 6.45) is 0. The lowest BCUT2D eigenvalue weighted by Gasteiger charge is -1.98. The van der Waals surface area contributed by atoms with E-state index in [0.29, 0.717) is 20.7 Å². The first-order valence-electron chi connectivity index (χ1n) is 6.60. The number of aromatic nitrogens is 2. The number of thiazole rings is 2. The Morgan fingerprint density at radius 3 is 2.52 bits per heavy atom. The molecule has 0 unspecified atom stereocenters. The molecule has 4 nitrogen and oxygen atoms in total. The average molecular weight is 349 g/mol. The van der Waals surface area contributed by atoms with Gasteiger partial charge in [0.1, 0.15) is 22.6 Å². The van der Waals surface area contributed by atoms with Crippen molar-refractivity contribution in [3.8, 4) is 5.75 Å². The lowest BCUT2D eigenvalue weighted by Crippen LogP contribution is -1.88. The zero-order valence-corrected chi connectivity index (χ0v) is 13.4. The first-order chi connectivity index (χ1) is 11.1. The van der Waals surface area contributed by atoms with Gasteiger partial charge >= 0.3 is 0 Å². The van der Waals surface area contributed by atoms with E-state index < -0.39 is 11.6 Å². The Hall–Kier alpha value is -2.32. The molecular formula is C15H9F2N3OS2. The number of rotatable bonds is 3. The topological polar surface area (TPSA) is 47.0 Å². The highest BCUT2D eigenvalue weighted by atomic mass is 32.1. The number of ether oxygens (including phenoxy) is 1. The highest BCUT2D eigenvalue weighted by Crippen LogP contribution is 2.35. The minimum atomic E-state index is -0.671. The monoisotopic (exact) mass is 349 g/mol. The van der Waals surface area contributed by atoms with Crippen molar-refractivity contribution in [2.24, 2.45) is 0 Å². The lowest BCUT2D eigenvalue weighted by molar-refractivity contribution is 0.419. The Morgan fingerprint density at radius 2 is 1.74 bits per heavy atom. The second kappa shape index (κ2) is 5.39. The summed E-state index contributed by atoms with van der Waals surface area (Å²) in [4.78, 5) is 8.63. The maximum Gasteiger partial charge on any atom is 0.190 e. The van der Waals surface area contributed by atoms with Crippen molar-refractivity contribution in [3.63, 3.8) is 0 Å². The Kier molecular flexibility index (Phi) is 3.35. The van der Waals surface area contributed by atoms with Gasteiger partial charge in [0.05, 0.1) is 16.5 Å². The normalized spacial score (nSPS) is 11.3. The summed E-state index contributed by atoms with van der Waals surface area (Å²) in [5, 5.41) is 4.13. The van der Waals surface area contributed by atoms with Crippen LogP contribution in [-0.4, -0.2) is 17.1 Å². The number of nitrogens with one attached hydrogen (secondary N) is 1. The van der Waals surface area contributed by atoms with E-state index in [9.17, 15) is 8.78 Å². The van der Waals surface area contributed by atoms with Gasteiger partial charge in [-0.15, -0.1) is 0 Å². The molecule has 116 valence electrons. The van der Waals surface area contributed by atoms with Crippen molar-refractivity contribution >= 4 is 53.4 Å². The number of anilines is 2. The molecule has 0 aliphatic rings. The van der Waals surface area contributed by atoms with Gasteiger partial charge in [0.15, 0.2) is 16.1 Å². The number of para-hydroxylation sites is 1. The second-order valence-corrected chi connectivity index (χ2v) is 6.77. The number of methoxy groups -OCH3 is 1. The molecule has 2 aromatic heterocycles. The van der Waals surface area contributed by atoms with Crippen LogP contribution in [0, 0.1) is 11.6 Å². The van der Waals surface area contributed by atoms with Crippen LogP contribution in [0.1, 0.15) is 0 Å². The zero-order chi connectivity index (χ0) is 16.0. The van der Waals surface area contributed by atoms with Crippen LogP contribution in [0.15, 0.2) is 30.3 Å². The van der Waals surface area contributed by atoms with Crippen molar-refractivity contribution in [1.82, 2.24) is 9.97 Å². The van der Waals surface area contributed by atoms with Gasteiger partial charge in [-0.1, -0.05) is 28.7 Å². The first kappa shape index (κ1) is 14.3. The van der Waals surface area contributed by atoms with E-state index in [1.54, 1.807) is 7.11 Å². The summed E-state index contributed by atoms with van der Waals surface area (Å²) >= 11 is 2.61. The molecule has 0 saturated heterocycles. The minimum Gasteiger partial charge on any atom is -0.494 e. The summed E-state index contributed by atoms with van der Waals surface area (Å²) in [5.41, 5.74) is 0.901. The highest BCUT2D eigenvalue weighted by molar-refractivity contribution is 7.24. The molecule has 23 heavy (non-hydrogen) atoms. The maximum atomic E-state index is 13.7. The SMILES string of the molecule is COc1cccc2sc(Nc3nc4c(F)cc(F)cc4s3)nc12. The Morgan fingerprint density at radius 1 is 1.00 bits per heavy atom. The smallest absolute Gasteiger partial charge is 0.190 e. The van der Waals surface area contributed by atoms with Crippen LogP contribution in [0.4, 0.5) is 19.0 Å². The standard InChI is InChI=1S/C15H9F2N3OS2/c1-21-9-3-2-4-10-13(9)19-15(22-10)20-14-18-12-8(17)5-7(16)6-11(12)23-14/h2-6H,1H3,(H,18,19,20). The molecule has 1 N–H and O–H groups in total. The third kappa shape index (κ3) is 2.49. The Bertz CT molecular complexity index is 1030. The molecule has 0 atom stereocenters. The van der Waals surface area contributed by atoms with Crippen molar-refractivity contribution in [2.45, 2.75) is 0 Å². The molecule has 0 amide bonds. The summed E-state index contributed by atoms with van der Waals surface area (Å²) in [7, 11) is 1.59. The summed E-state index contributed by atoms with van der Waals surface area (Å²) < 4.78 is 33.7. The number of hydrogen-bond donors (Lipinski definition) is 1. The van der Waals surface area contributed by atoms with E-state index in [4.69, 9.17) is 4.74 Å². The average Bonchev–Trinajstić information content (AvgIpc) is 3.10. The van der Waals surface area contributed by atoms with Crippen LogP contribution < -0.4 is 10.1 Å². The highest BCUT2D eigenvalue weighted by Gasteiger charge is 2.13. The van der Waals surface area contributed by atoms with Gasteiger partial charge in [0.25, 0.3) is 0 Å². The summed E-state index contributed by atoms with van der Waals surface area (Å²) in [6.45, 7) is 0. The van der Waals surface area contributed by atoms with Crippen molar-refractivity contribution in [3.05, 3.63) is 42.0 Å². The van der Waals surface area contributed by atoms with Crippen molar-refractivity contribution in [1.29, 1.82) is 0 Å². The molecule has 0 spiro atoms. The van der Waals surface area contributed by atoms with Gasteiger partial charge in [-0.3, -0.25) is 0 Å². The van der Waals surface area contributed by atoms with E-state index in [2.05, 4.69) is 15.3 Å². The fraction of sp³-hybridized carbons (Fsp3) is 0.0667. The Balaban J connectivity index is 1.74. The van der Waals surface area contributed by atoms with Crippen LogP contribution in [-0.2, 0) is 0 Å². The fourth-order valence-electron chi connectivity index (χ4n) is 2.24. The van der Waals surface area contributed by atoms with Crippen LogP contribution in [0.3, 0.4) is 0 Å². The van der Waals surface area contributed by atoms with Crippen LogP contribution >= 0.6 is 22.7 Å². The predicted molar refractivity (Wildman–Crippen MR) is 89.0 cm³/mol. The number of nitrogens with zero attached hydrogens (tertiary/aromatic N) is 2. The number of halogens is 2. The molecule has 0 bridgehead atoms. The third-order valence-electron chi connectivity index (χ3n) is 3.23. The number of fused-ring (bicyclic) bond motifs is 2. The van der Waals surface area contributed by atoms with Gasteiger partial charge < -0.3 is 10.1 Å². The molecule has 4 rings (SSSR count). The molecule has 4 aromatic rings. The van der Waals surface area contributed by atoms with Crippen LogP contribution in [0.5, 0.6) is 5.75 Å². The largest absolute Gasteiger partial charge is 0.494 e.